The fourth-order valence-electron chi connectivity index (χ4n) is 3.70. The Balaban J connectivity index is 2.11. The third-order valence-electron chi connectivity index (χ3n) is 5.25. The maximum absolute atomic E-state index is 13.0. The summed E-state index contributed by atoms with van der Waals surface area (Å²) in [5.74, 6) is -1.59. The van der Waals surface area contributed by atoms with E-state index in [0.29, 0.717) is 19.4 Å². The molecule has 2 amide bonds. The molecule has 0 spiro atoms. The maximum atomic E-state index is 13.0. The molecule has 2 rings (SSSR count). The molecule has 0 saturated carbocycles. The predicted molar refractivity (Wildman–Crippen MR) is 90.4 cm³/mol. The number of hydrogen-bond donors (Lipinski definition) is 1. The third kappa shape index (κ3) is 4.28. The van der Waals surface area contributed by atoms with Crippen molar-refractivity contribution in [1.29, 1.82) is 0 Å². The van der Waals surface area contributed by atoms with Gasteiger partial charge in [0.25, 0.3) is 0 Å². The van der Waals surface area contributed by atoms with E-state index in [2.05, 4.69) is 0 Å². The molecule has 0 aliphatic carbocycles. The van der Waals surface area contributed by atoms with Gasteiger partial charge in [0.05, 0.1) is 5.92 Å². The van der Waals surface area contributed by atoms with Crippen molar-refractivity contribution in [2.75, 3.05) is 19.6 Å². The van der Waals surface area contributed by atoms with Crippen LogP contribution in [0.4, 0.5) is 0 Å². The van der Waals surface area contributed by atoms with Gasteiger partial charge in [0.15, 0.2) is 0 Å². The van der Waals surface area contributed by atoms with E-state index in [1.807, 2.05) is 25.7 Å². The first kappa shape index (κ1) is 18.7. The minimum absolute atomic E-state index is 0.0223. The predicted octanol–water partition coefficient (Wildman–Crippen LogP) is 2.13. The number of nitrogens with zero attached hydrogens (tertiary/aromatic N) is 2. The molecule has 2 heterocycles. The maximum Gasteiger partial charge on any atom is 0.326 e. The summed E-state index contributed by atoms with van der Waals surface area (Å²) in [7, 11) is 0. The standard InChI is InChI=1S/C18H30N2O4/c1-18(2,3)13(12-15(21)19-9-5-4-6-10-19)16(22)20-11-7-8-14(20)17(23)24/h13-14H,4-12H2,1-3H3,(H,23,24)/t13?,14-/m0/s1. The molecule has 24 heavy (non-hydrogen) atoms. The molecule has 2 aliphatic heterocycles. The van der Waals surface area contributed by atoms with E-state index >= 15 is 0 Å². The smallest absolute Gasteiger partial charge is 0.326 e. The minimum Gasteiger partial charge on any atom is -0.480 e. The van der Waals surface area contributed by atoms with Crippen LogP contribution in [-0.4, -0.2) is 58.4 Å². The van der Waals surface area contributed by atoms with Crippen LogP contribution in [0.25, 0.3) is 0 Å². The van der Waals surface area contributed by atoms with Crippen molar-refractivity contribution in [1.82, 2.24) is 9.80 Å². The van der Waals surface area contributed by atoms with Gasteiger partial charge >= 0.3 is 5.97 Å². The van der Waals surface area contributed by atoms with E-state index in [4.69, 9.17) is 0 Å². The van der Waals surface area contributed by atoms with Crippen LogP contribution in [0, 0.1) is 11.3 Å². The number of carboxylic acids is 1. The Kier molecular flexibility index (Phi) is 5.88. The van der Waals surface area contributed by atoms with E-state index in [1.54, 1.807) is 0 Å². The fraction of sp³-hybridized carbons (Fsp3) is 0.833. The number of rotatable bonds is 4. The number of carbonyl (C=O) groups is 3. The van der Waals surface area contributed by atoms with Crippen molar-refractivity contribution in [3.05, 3.63) is 0 Å². The van der Waals surface area contributed by atoms with E-state index in [-0.39, 0.29) is 23.7 Å². The van der Waals surface area contributed by atoms with Gasteiger partial charge in [-0.2, -0.15) is 0 Å². The molecule has 2 aliphatic rings. The lowest BCUT2D eigenvalue weighted by Gasteiger charge is -2.36. The molecule has 6 heteroatoms. The van der Waals surface area contributed by atoms with E-state index in [9.17, 15) is 19.5 Å². The first-order chi connectivity index (χ1) is 11.2. The molecule has 0 aromatic carbocycles. The highest BCUT2D eigenvalue weighted by Crippen LogP contribution is 2.33. The van der Waals surface area contributed by atoms with E-state index in [0.717, 1.165) is 32.4 Å². The lowest BCUT2D eigenvalue weighted by atomic mass is 9.77. The van der Waals surface area contributed by atoms with Crippen LogP contribution in [0.5, 0.6) is 0 Å². The zero-order valence-electron chi connectivity index (χ0n) is 15.1. The largest absolute Gasteiger partial charge is 0.480 e. The summed E-state index contributed by atoms with van der Waals surface area (Å²) in [6.07, 6.45) is 4.57. The lowest BCUT2D eigenvalue weighted by Crippen LogP contribution is -2.48. The number of piperidine rings is 1. The summed E-state index contributed by atoms with van der Waals surface area (Å²) in [4.78, 5) is 40.4. The summed E-state index contributed by atoms with van der Waals surface area (Å²) in [6.45, 7) is 7.86. The van der Waals surface area contributed by atoms with Crippen molar-refractivity contribution in [2.24, 2.45) is 11.3 Å². The minimum atomic E-state index is -0.948. The van der Waals surface area contributed by atoms with Gasteiger partial charge in [-0.3, -0.25) is 9.59 Å². The summed E-state index contributed by atoms with van der Waals surface area (Å²) in [5, 5.41) is 9.33. The van der Waals surface area contributed by atoms with Crippen LogP contribution in [0.2, 0.25) is 0 Å². The summed E-state index contributed by atoms with van der Waals surface area (Å²) in [5.41, 5.74) is -0.381. The molecule has 6 nitrogen and oxygen atoms in total. The molecular weight excluding hydrogens is 308 g/mol. The summed E-state index contributed by atoms with van der Waals surface area (Å²) in [6, 6.07) is -0.743. The molecule has 2 fully saturated rings. The molecule has 0 aromatic rings. The first-order valence-corrected chi connectivity index (χ1v) is 9.03. The molecule has 1 unspecified atom stereocenters. The molecule has 1 N–H and O–H groups in total. The second-order valence-corrected chi connectivity index (χ2v) is 8.09. The Morgan fingerprint density at radius 3 is 2.21 bits per heavy atom. The number of amides is 2. The SMILES string of the molecule is CC(C)(C)C(CC(=O)N1CCCCC1)C(=O)N1CCC[C@H]1C(=O)O. The molecule has 136 valence electrons. The van der Waals surface area contributed by atoms with Gasteiger partial charge in [0.1, 0.15) is 6.04 Å². The number of likely N-dealkylation sites (tertiary alicyclic amines) is 2. The molecule has 0 aromatic heterocycles. The summed E-state index contributed by atoms with van der Waals surface area (Å²) < 4.78 is 0. The Hall–Kier alpha value is -1.59. The topological polar surface area (TPSA) is 77.9 Å². The van der Waals surface area contributed by atoms with Crippen molar-refractivity contribution < 1.29 is 19.5 Å². The quantitative estimate of drug-likeness (QED) is 0.852. The Morgan fingerprint density at radius 1 is 1.04 bits per heavy atom. The second-order valence-electron chi connectivity index (χ2n) is 8.09. The van der Waals surface area contributed by atoms with Gasteiger partial charge in [-0.05, 0) is 37.5 Å². The van der Waals surface area contributed by atoms with Gasteiger partial charge in [0, 0.05) is 26.1 Å². The van der Waals surface area contributed by atoms with Crippen molar-refractivity contribution in [3.8, 4) is 0 Å². The van der Waals surface area contributed by atoms with E-state index < -0.39 is 17.9 Å². The number of aliphatic carboxylic acids is 1. The Morgan fingerprint density at radius 2 is 1.67 bits per heavy atom. The highest BCUT2D eigenvalue weighted by atomic mass is 16.4. The van der Waals surface area contributed by atoms with Gasteiger partial charge in [-0.25, -0.2) is 4.79 Å². The zero-order valence-corrected chi connectivity index (χ0v) is 15.1. The molecule has 2 atom stereocenters. The molecule has 0 bridgehead atoms. The van der Waals surface area contributed by atoms with Crippen LogP contribution >= 0.6 is 0 Å². The number of carbonyl (C=O) groups excluding carboxylic acids is 2. The van der Waals surface area contributed by atoms with Crippen LogP contribution < -0.4 is 0 Å². The Labute approximate surface area is 144 Å². The van der Waals surface area contributed by atoms with Crippen molar-refractivity contribution in [2.45, 2.75) is 65.3 Å². The molecule has 2 saturated heterocycles. The second kappa shape index (κ2) is 7.53. The zero-order chi connectivity index (χ0) is 17.9. The fourth-order valence-corrected chi connectivity index (χ4v) is 3.70. The van der Waals surface area contributed by atoms with E-state index in [1.165, 1.54) is 4.90 Å². The van der Waals surface area contributed by atoms with Gasteiger partial charge in [-0.1, -0.05) is 20.8 Å². The molecular formula is C18H30N2O4. The van der Waals surface area contributed by atoms with Crippen LogP contribution in [0.1, 0.15) is 59.3 Å². The molecule has 0 radical (unpaired) electrons. The normalized spacial score (nSPS) is 23.2. The average molecular weight is 338 g/mol. The Bertz CT molecular complexity index is 492. The lowest BCUT2D eigenvalue weighted by molar-refractivity contribution is -0.153. The van der Waals surface area contributed by atoms with Crippen molar-refractivity contribution in [3.63, 3.8) is 0 Å². The van der Waals surface area contributed by atoms with Gasteiger partial charge < -0.3 is 14.9 Å². The number of carboxylic acid groups (broad SMARTS) is 1. The van der Waals surface area contributed by atoms with Gasteiger partial charge in [-0.15, -0.1) is 0 Å². The van der Waals surface area contributed by atoms with Gasteiger partial charge in [0.2, 0.25) is 11.8 Å². The van der Waals surface area contributed by atoms with Crippen LogP contribution in [0.3, 0.4) is 0 Å². The highest BCUT2D eigenvalue weighted by Gasteiger charge is 2.42. The number of hydrogen-bond acceptors (Lipinski definition) is 3. The average Bonchev–Trinajstić information content (AvgIpc) is 3.01. The van der Waals surface area contributed by atoms with Crippen LogP contribution in [0.15, 0.2) is 0 Å². The van der Waals surface area contributed by atoms with Crippen molar-refractivity contribution >= 4 is 17.8 Å². The monoisotopic (exact) mass is 338 g/mol. The summed E-state index contributed by atoms with van der Waals surface area (Å²) >= 11 is 0. The highest BCUT2D eigenvalue weighted by molar-refractivity contribution is 5.89. The third-order valence-corrected chi connectivity index (χ3v) is 5.25. The van der Waals surface area contributed by atoms with Crippen LogP contribution in [-0.2, 0) is 14.4 Å². The first-order valence-electron chi connectivity index (χ1n) is 9.03.